The molecule has 0 saturated carbocycles. The van der Waals surface area contributed by atoms with Gasteiger partial charge in [0.1, 0.15) is 16.7 Å². The van der Waals surface area contributed by atoms with E-state index in [0.29, 0.717) is 40.3 Å². The summed E-state index contributed by atoms with van der Waals surface area (Å²) in [5.74, 6) is 2.49. The lowest BCUT2D eigenvalue weighted by molar-refractivity contribution is 0.102. The number of ether oxygens (including phenoxy) is 1. The van der Waals surface area contributed by atoms with E-state index in [1.165, 1.54) is 0 Å². The lowest BCUT2D eigenvalue weighted by Crippen LogP contribution is -2.20. The van der Waals surface area contributed by atoms with Gasteiger partial charge in [0.05, 0.1) is 18.4 Å². The van der Waals surface area contributed by atoms with Gasteiger partial charge in [-0.15, -0.1) is 11.8 Å². The Hall–Kier alpha value is -2.77. The molecular weight excluding hydrogens is 420 g/mol. The fourth-order valence-electron chi connectivity index (χ4n) is 3.37. The van der Waals surface area contributed by atoms with Crippen molar-refractivity contribution in [2.24, 2.45) is 0 Å². The van der Waals surface area contributed by atoms with Crippen LogP contribution in [0.5, 0.6) is 5.75 Å². The van der Waals surface area contributed by atoms with Crippen molar-refractivity contribution in [3.05, 3.63) is 64.4 Å². The summed E-state index contributed by atoms with van der Waals surface area (Å²) in [4.78, 5) is 25.1. The first kappa shape index (κ1) is 20.5. The molecule has 1 N–H and O–H groups in total. The summed E-state index contributed by atoms with van der Waals surface area (Å²) in [6.07, 6.45) is 1.81. The summed E-state index contributed by atoms with van der Waals surface area (Å²) < 4.78 is 5.28. The van der Waals surface area contributed by atoms with Crippen molar-refractivity contribution in [1.82, 2.24) is 9.97 Å². The molecule has 0 unspecified atom stereocenters. The maximum absolute atomic E-state index is 13.0. The van der Waals surface area contributed by atoms with Gasteiger partial charge in [-0.05, 0) is 55.3 Å². The van der Waals surface area contributed by atoms with Crippen LogP contribution in [0.4, 0.5) is 17.3 Å². The van der Waals surface area contributed by atoms with E-state index in [1.54, 1.807) is 24.9 Å². The van der Waals surface area contributed by atoms with Crippen LogP contribution in [-0.2, 0) is 5.75 Å². The van der Waals surface area contributed by atoms with Crippen molar-refractivity contribution in [2.75, 3.05) is 23.9 Å². The lowest BCUT2D eigenvalue weighted by Gasteiger charge is -2.23. The van der Waals surface area contributed by atoms with Crippen molar-refractivity contribution < 1.29 is 9.53 Å². The molecule has 2 aromatic heterocycles. The first-order valence-corrected chi connectivity index (χ1v) is 10.9. The van der Waals surface area contributed by atoms with Crippen LogP contribution in [0.25, 0.3) is 0 Å². The van der Waals surface area contributed by atoms with Gasteiger partial charge in [-0.1, -0.05) is 17.7 Å². The number of amides is 1. The maximum Gasteiger partial charge on any atom is 0.259 e. The second kappa shape index (κ2) is 8.53. The molecule has 0 spiro atoms. The Morgan fingerprint density at radius 2 is 2.07 bits per heavy atom. The van der Waals surface area contributed by atoms with E-state index in [2.05, 4.69) is 15.3 Å². The Labute approximate surface area is 184 Å². The molecule has 0 fully saturated rings. The maximum atomic E-state index is 13.0. The summed E-state index contributed by atoms with van der Waals surface area (Å²) in [6, 6.07) is 11.5. The molecule has 154 valence electrons. The molecule has 1 aromatic carbocycles. The molecule has 8 heteroatoms. The molecule has 3 heterocycles. The smallest absolute Gasteiger partial charge is 0.259 e. The fraction of sp³-hybridized carbons (Fsp3) is 0.227. The quantitative estimate of drug-likeness (QED) is 0.419. The van der Waals surface area contributed by atoms with Crippen LogP contribution in [0.1, 0.15) is 28.4 Å². The van der Waals surface area contributed by atoms with Gasteiger partial charge in [0.25, 0.3) is 5.91 Å². The van der Waals surface area contributed by atoms with Gasteiger partial charge in [0.2, 0.25) is 0 Å². The molecule has 6 nitrogen and oxygen atoms in total. The number of carbonyl (C=O) groups excluding carboxylic acids is 1. The van der Waals surface area contributed by atoms with E-state index in [9.17, 15) is 4.79 Å². The zero-order valence-electron chi connectivity index (χ0n) is 16.9. The number of aryl methyl sites for hydroxylation is 1. The van der Waals surface area contributed by atoms with Gasteiger partial charge in [0, 0.05) is 23.4 Å². The highest BCUT2D eigenvalue weighted by Crippen LogP contribution is 2.38. The number of fused-ring (bicyclic) bond motifs is 2. The molecule has 0 bridgehead atoms. The van der Waals surface area contributed by atoms with E-state index < -0.39 is 0 Å². The van der Waals surface area contributed by atoms with Crippen LogP contribution in [0.3, 0.4) is 0 Å². The highest BCUT2D eigenvalue weighted by Gasteiger charge is 2.28. The minimum atomic E-state index is -0.199. The van der Waals surface area contributed by atoms with E-state index >= 15 is 0 Å². The Morgan fingerprint density at radius 3 is 2.83 bits per heavy atom. The zero-order chi connectivity index (χ0) is 21.3. The Bertz CT molecular complexity index is 1120. The van der Waals surface area contributed by atoms with Crippen molar-refractivity contribution in [3.8, 4) is 5.75 Å². The molecule has 0 radical (unpaired) electrons. The highest BCUT2D eigenvalue weighted by molar-refractivity contribution is 7.98. The third-order valence-electron chi connectivity index (χ3n) is 4.85. The number of methoxy groups -OCH3 is 1. The molecule has 3 aromatic rings. The number of halogens is 1. The molecule has 1 aliphatic heterocycles. The SMILES string of the molecule is CCN1c2ncc(CSc3cccc(OC)c3)cc2C(=O)Nc2c(C)cc(Cl)nc21. The largest absolute Gasteiger partial charge is 0.497 e. The number of anilines is 3. The Morgan fingerprint density at radius 1 is 1.23 bits per heavy atom. The second-order valence-electron chi connectivity index (χ2n) is 6.84. The number of nitrogens with zero attached hydrogens (tertiary/aromatic N) is 3. The second-order valence-corrected chi connectivity index (χ2v) is 8.28. The zero-order valence-corrected chi connectivity index (χ0v) is 18.5. The van der Waals surface area contributed by atoms with Crippen molar-refractivity contribution in [1.29, 1.82) is 0 Å². The van der Waals surface area contributed by atoms with E-state index in [-0.39, 0.29) is 5.91 Å². The highest BCUT2D eigenvalue weighted by atomic mass is 35.5. The van der Waals surface area contributed by atoms with Crippen LogP contribution in [0, 0.1) is 6.92 Å². The van der Waals surface area contributed by atoms with Gasteiger partial charge >= 0.3 is 0 Å². The summed E-state index contributed by atoms with van der Waals surface area (Å²) >= 11 is 7.85. The molecule has 0 aliphatic carbocycles. The van der Waals surface area contributed by atoms with Crippen molar-refractivity contribution >= 4 is 46.6 Å². The molecule has 0 atom stereocenters. The first-order chi connectivity index (χ1) is 14.5. The number of hydrogen-bond donors (Lipinski definition) is 1. The average Bonchev–Trinajstić information content (AvgIpc) is 2.86. The summed E-state index contributed by atoms with van der Waals surface area (Å²) in [5.41, 5.74) is 3.01. The fourth-order valence-corrected chi connectivity index (χ4v) is 4.48. The standard InChI is InChI=1S/C22H21ClN4O2S/c1-4-27-20-17(22(28)26-19-13(2)8-18(23)25-21(19)27)9-14(11-24-20)12-30-16-7-5-6-15(10-16)29-3/h5-11H,4,12H2,1-3H3,(H,26,28). The van der Waals surface area contributed by atoms with E-state index in [0.717, 1.165) is 21.8 Å². The van der Waals surface area contributed by atoms with Crippen LogP contribution >= 0.6 is 23.4 Å². The first-order valence-electron chi connectivity index (χ1n) is 9.52. The molecule has 4 rings (SSSR count). The number of nitrogens with one attached hydrogen (secondary N) is 1. The van der Waals surface area contributed by atoms with Crippen LogP contribution in [-0.4, -0.2) is 29.5 Å². The minimum absolute atomic E-state index is 0.199. The lowest BCUT2D eigenvalue weighted by atomic mass is 10.2. The number of pyridine rings is 2. The minimum Gasteiger partial charge on any atom is -0.497 e. The monoisotopic (exact) mass is 440 g/mol. The third kappa shape index (κ3) is 3.95. The van der Waals surface area contributed by atoms with E-state index in [4.69, 9.17) is 16.3 Å². The molecule has 1 amide bonds. The number of carbonyl (C=O) groups is 1. The van der Waals surface area contributed by atoms with Gasteiger partial charge in [-0.3, -0.25) is 4.79 Å². The summed E-state index contributed by atoms with van der Waals surface area (Å²) in [6.45, 7) is 4.50. The van der Waals surface area contributed by atoms with Gasteiger partial charge in [0.15, 0.2) is 5.82 Å². The number of aromatic nitrogens is 2. The summed E-state index contributed by atoms with van der Waals surface area (Å²) in [5, 5.41) is 3.37. The Balaban J connectivity index is 1.66. The predicted octanol–water partition coefficient (Wildman–Crippen LogP) is 5.46. The van der Waals surface area contributed by atoms with Crippen LogP contribution < -0.4 is 15.0 Å². The molecular formula is C22H21ClN4O2S. The van der Waals surface area contributed by atoms with Gasteiger partial charge in [-0.2, -0.15) is 0 Å². The topological polar surface area (TPSA) is 67.4 Å². The number of thioether (sulfide) groups is 1. The summed E-state index contributed by atoms with van der Waals surface area (Å²) in [7, 11) is 1.65. The van der Waals surface area contributed by atoms with Crippen LogP contribution in [0.2, 0.25) is 5.15 Å². The van der Waals surface area contributed by atoms with E-state index in [1.807, 2.05) is 55.3 Å². The number of hydrogen-bond acceptors (Lipinski definition) is 6. The average molecular weight is 441 g/mol. The number of benzene rings is 1. The predicted molar refractivity (Wildman–Crippen MR) is 121 cm³/mol. The van der Waals surface area contributed by atoms with Gasteiger partial charge < -0.3 is 15.0 Å². The molecule has 0 saturated heterocycles. The Kier molecular flexibility index (Phi) is 5.83. The molecule has 30 heavy (non-hydrogen) atoms. The normalized spacial score (nSPS) is 12.7. The molecule has 1 aliphatic rings. The van der Waals surface area contributed by atoms with Crippen molar-refractivity contribution in [2.45, 2.75) is 24.5 Å². The van der Waals surface area contributed by atoms with Gasteiger partial charge in [-0.25, -0.2) is 9.97 Å². The third-order valence-corrected chi connectivity index (χ3v) is 6.11. The number of rotatable bonds is 5. The van der Waals surface area contributed by atoms with Crippen LogP contribution in [0.15, 0.2) is 47.5 Å². The van der Waals surface area contributed by atoms with Crippen molar-refractivity contribution in [3.63, 3.8) is 0 Å².